The summed E-state index contributed by atoms with van der Waals surface area (Å²) in [6.45, 7) is 6.39. The van der Waals surface area contributed by atoms with Crippen LogP contribution in [0.1, 0.15) is 32.3 Å². The lowest BCUT2D eigenvalue weighted by Gasteiger charge is -2.16. The first-order valence-corrected chi connectivity index (χ1v) is 6.46. The number of anilines is 1. The second-order valence-corrected chi connectivity index (χ2v) is 4.79. The Balaban J connectivity index is 2.78. The second kappa shape index (κ2) is 6.65. The van der Waals surface area contributed by atoms with Crippen LogP contribution < -0.4 is 5.32 Å². The molecule has 94 valence electrons. The summed E-state index contributed by atoms with van der Waals surface area (Å²) < 4.78 is 0. The minimum absolute atomic E-state index is 0.459. The Bertz CT molecular complexity index is 399. The molecule has 0 radical (unpaired) electrons. The first kappa shape index (κ1) is 14.0. The van der Waals surface area contributed by atoms with E-state index in [4.69, 9.17) is 11.6 Å². The number of nitrogens with one attached hydrogen (secondary N) is 1. The van der Waals surface area contributed by atoms with Crippen LogP contribution in [0, 0.1) is 12.8 Å². The van der Waals surface area contributed by atoms with Gasteiger partial charge < -0.3 is 5.32 Å². The van der Waals surface area contributed by atoms with E-state index in [1.807, 2.05) is 32.2 Å². The van der Waals surface area contributed by atoms with E-state index in [-0.39, 0.29) is 0 Å². The van der Waals surface area contributed by atoms with Gasteiger partial charge in [-0.05, 0) is 37.1 Å². The first-order valence-electron chi connectivity index (χ1n) is 6.08. The highest BCUT2D eigenvalue weighted by molar-refractivity contribution is 6.31. The predicted molar refractivity (Wildman–Crippen MR) is 77.2 cm³/mol. The van der Waals surface area contributed by atoms with Crippen molar-refractivity contribution in [3.8, 4) is 0 Å². The zero-order chi connectivity index (χ0) is 12.8. The molecule has 0 aliphatic rings. The molecule has 3 heteroatoms. The van der Waals surface area contributed by atoms with Gasteiger partial charge in [0.25, 0.3) is 0 Å². The highest BCUT2D eigenvalue weighted by Gasteiger charge is 2.09. The maximum absolute atomic E-state index is 6.01. The molecule has 1 N–H and O–H groups in total. The van der Waals surface area contributed by atoms with E-state index in [0.29, 0.717) is 5.92 Å². The van der Waals surface area contributed by atoms with Crippen LogP contribution in [0.15, 0.2) is 23.2 Å². The van der Waals surface area contributed by atoms with Gasteiger partial charge in [-0.3, -0.25) is 4.99 Å². The molecule has 1 rings (SSSR count). The molecule has 0 spiro atoms. The monoisotopic (exact) mass is 252 g/mol. The van der Waals surface area contributed by atoms with Gasteiger partial charge in [0.15, 0.2) is 0 Å². The Morgan fingerprint density at radius 1 is 1.47 bits per heavy atom. The van der Waals surface area contributed by atoms with Crippen LogP contribution >= 0.6 is 11.6 Å². The molecule has 1 unspecified atom stereocenters. The molecule has 1 aromatic carbocycles. The molecular weight excluding hydrogens is 232 g/mol. The van der Waals surface area contributed by atoms with Gasteiger partial charge in [0.1, 0.15) is 5.84 Å². The van der Waals surface area contributed by atoms with Gasteiger partial charge in [-0.15, -0.1) is 0 Å². The standard InChI is InChI=1S/C14H21ClN2/c1-5-6-10(2)14(16-4)17-12-7-8-13(15)11(3)9-12/h7-10H,5-6H2,1-4H3,(H,16,17). The number of amidine groups is 1. The van der Waals surface area contributed by atoms with Crippen molar-refractivity contribution >= 4 is 23.1 Å². The SMILES string of the molecule is CCCC(C)C(=NC)Nc1ccc(Cl)c(C)c1. The number of hydrogen-bond acceptors (Lipinski definition) is 1. The van der Waals surface area contributed by atoms with Gasteiger partial charge in [-0.2, -0.15) is 0 Å². The summed E-state index contributed by atoms with van der Waals surface area (Å²) in [6, 6.07) is 5.95. The normalized spacial score (nSPS) is 13.6. The lowest BCUT2D eigenvalue weighted by Crippen LogP contribution is -2.20. The number of halogens is 1. The number of benzene rings is 1. The molecule has 2 nitrogen and oxygen atoms in total. The molecule has 0 aliphatic carbocycles. The van der Waals surface area contributed by atoms with Crippen LogP contribution in [0.4, 0.5) is 5.69 Å². The van der Waals surface area contributed by atoms with Gasteiger partial charge >= 0.3 is 0 Å². The van der Waals surface area contributed by atoms with E-state index < -0.39 is 0 Å². The maximum Gasteiger partial charge on any atom is 0.103 e. The van der Waals surface area contributed by atoms with Crippen molar-refractivity contribution in [3.63, 3.8) is 0 Å². The molecule has 0 fully saturated rings. The van der Waals surface area contributed by atoms with Crippen molar-refractivity contribution < 1.29 is 0 Å². The summed E-state index contributed by atoms with van der Waals surface area (Å²) in [5.41, 5.74) is 2.13. The average Bonchev–Trinajstić information content (AvgIpc) is 2.30. The molecule has 0 bridgehead atoms. The minimum atomic E-state index is 0.459. The zero-order valence-electron chi connectivity index (χ0n) is 11.0. The van der Waals surface area contributed by atoms with E-state index in [0.717, 1.165) is 28.5 Å². The second-order valence-electron chi connectivity index (χ2n) is 4.39. The molecular formula is C14H21ClN2. The van der Waals surface area contributed by atoms with Gasteiger partial charge in [0, 0.05) is 23.7 Å². The van der Waals surface area contributed by atoms with Gasteiger partial charge in [0.2, 0.25) is 0 Å². The third kappa shape index (κ3) is 4.04. The Labute approximate surface area is 109 Å². The summed E-state index contributed by atoms with van der Waals surface area (Å²) in [5, 5.41) is 4.17. The van der Waals surface area contributed by atoms with Crippen LogP contribution in [-0.2, 0) is 0 Å². The van der Waals surface area contributed by atoms with Crippen molar-refractivity contribution in [2.45, 2.75) is 33.6 Å². The molecule has 0 saturated carbocycles. The average molecular weight is 253 g/mol. The summed E-state index contributed by atoms with van der Waals surface area (Å²) in [4.78, 5) is 4.33. The molecule has 1 atom stereocenters. The summed E-state index contributed by atoms with van der Waals surface area (Å²) in [5.74, 6) is 1.49. The number of nitrogens with zero attached hydrogens (tertiary/aromatic N) is 1. The van der Waals surface area contributed by atoms with E-state index in [1.165, 1.54) is 6.42 Å². The third-order valence-electron chi connectivity index (χ3n) is 2.86. The molecule has 0 aromatic heterocycles. The van der Waals surface area contributed by atoms with E-state index in [1.54, 1.807) is 0 Å². The Morgan fingerprint density at radius 3 is 2.71 bits per heavy atom. The quantitative estimate of drug-likeness (QED) is 0.618. The van der Waals surface area contributed by atoms with Crippen molar-refractivity contribution in [1.29, 1.82) is 0 Å². The fourth-order valence-electron chi connectivity index (χ4n) is 1.84. The Kier molecular flexibility index (Phi) is 5.49. The van der Waals surface area contributed by atoms with Crippen molar-refractivity contribution in [3.05, 3.63) is 28.8 Å². The van der Waals surface area contributed by atoms with Crippen LogP contribution in [-0.4, -0.2) is 12.9 Å². The molecule has 0 saturated heterocycles. The summed E-state index contributed by atoms with van der Waals surface area (Å²) >= 11 is 6.01. The maximum atomic E-state index is 6.01. The molecule has 0 amide bonds. The van der Waals surface area contributed by atoms with E-state index >= 15 is 0 Å². The largest absolute Gasteiger partial charge is 0.344 e. The molecule has 1 aromatic rings. The minimum Gasteiger partial charge on any atom is -0.344 e. The van der Waals surface area contributed by atoms with Crippen molar-refractivity contribution in [2.24, 2.45) is 10.9 Å². The summed E-state index contributed by atoms with van der Waals surface area (Å²) in [7, 11) is 1.83. The molecule has 17 heavy (non-hydrogen) atoms. The fourth-order valence-corrected chi connectivity index (χ4v) is 1.96. The van der Waals surface area contributed by atoms with Gasteiger partial charge in [0.05, 0.1) is 0 Å². The van der Waals surface area contributed by atoms with Gasteiger partial charge in [-0.25, -0.2) is 0 Å². The topological polar surface area (TPSA) is 24.4 Å². The highest BCUT2D eigenvalue weighted by atomic mass is 35.5. The summed E-state index contributed by atoms with van der Waals surface area (Å²) in [6.07, 6.45) is 2.31. The van der Waals surface area contributed by atoms with Gasteiger partial charge in [-0.1, -0.05) is 31.9 Å². The zero-order valence-corrected chi connectivity index (χ0v) is 11.8. The third-order valence-corrected chi connectivity index (χ3v) is 3.28. The number of rotatable bonds is 4. The smallest absolute Gasteiger partial charge is 0.103 e. The number of hydrogen-bond donors (Lipinski definition) is 1. The van der Waals surface area contributed by atoms with Crippen LogP contribution in [0.2, 0.25) is 5.02 Å². The lowest BCUT2D eigenvalue weighted by atomic mass is 10.0. The predicted octanol–water partition coefficient (Wildman–Crippen LogP) is 4.52. The van der Waals surface area contributed by atoms with E-state index in [2.05, 4.69) is 24.2 Å². The first-order chi connectivity index (χ1) is 8.08. The van der Waals surface area contributed by atoms with E-state index in [9.17, 15) is 0 Å². The lowest BCUT2D eigenvalue weighted by molar-refractivity contribution is 0.664. The molecule has 0 aliphatic heterocycles. The number of aryl methyl sites for hydroxylation is 1. The molecule has 0 heterocycles. The van der Waals surface area contributed by atoms with Crippen molar-refractivity contribution in [2.75, 3.05) is 12.4 Å². The Morgan fingerprint density at radius 2 is 2.18 bits per heavy atom. The van der Waals surface area contributed by atoms with Crippen molar-refractivity contribution in [1.82, 2.24) is 0 Å². The fraction of sp³-hybridized carbons (Fsp3) is 0.500. The Hall–Kier alpha value is -1.02. The van der Waals surface area contributed by atoms with Crippen LogP contribution in [0.5, 0.6) is 0 Å². The highest BCUT2D eigenvalue weighted by Crippen LogP contribution is 2.20. The van der Waals surface area contributed by atoms with Crippen LogP contribution in [0.3, 0.4) is 0 Å². The van der Waals surface area contributed by atoms with Crippen LogP contribution in [0.25, 0.3) is 0 Å². The number of aliphatic imine (C=N–C) groups is 1.